The lowest BCUT2D eigenvalue weighted by molar-refractivity contribution is -0.207. The topological polar surface area (TPSA) is 221 Å². The first-order valence-electron chi connectivity index (χ1n) is 12.3. The van der Waals surface area contributed by atoms with Crippen LogP contribution in [-0.4, -0.2) is 90.3 Å². The van der Waals surface area contributed by atoms with Crippen molar-refractivity contribution < 1.29 is 64.3 Å². The Morgan fingerprint density at radius 3 is 1.68 bits per heavy atom. The van der Waals surface area contributed by atoms with E-state index < -0.39 is 78.9 Å². The lowest BCUT2D eigenvalue weighted by atomic mass is 9.79. The smallest absolute Gasteiger partial charge is 0.338 e. The van der Waals surface area contributed by atoms with Crippen LogP contribution in [0, 0.1) is 0 Å². The molecule has 0 bridgehead atoms. The third-order valence-corrected chi connectivity index (χ3v) is 6.03. The molecule has 41 heavy (non-hydrogen) atoms. The second-order valence-corrected chi connectivity index (χ2v) is 9.49. The van der Waals surface area contributed by atoms with Gasteiger partial charge in [-0.05, 0) is 54.5 Å². The first-order chi connectivity index (χ1) is 19.3. The van der Waals surface area contributed by atoms with Crippen LogP contribution >= 0.6 is 0 Å². The summed E-state index contributed by atoms with van der Waals surface area (Å²) in [6, 6.07) is 7.54. The number of carbonyl (C=O) groups is 3. The predicted molar refractivity (Wildman–Crippen MR) is 140 cm³/mol. The molecule has 2 aromatic rings. The van der Waals surface area contributed by atoms with Gasteiger partial charge in [-0.3, -0.25) is 0 Å². The molecule has 0 radical (unpaired) electrons. The number of ether oxygens (including phenoxy) is 3. The van der Waals surface area contributed by atoms with E-state index in [-0.39, 0.29) is 11.5 Å². The summed E-state index contributed by atoms with van der Waals surface area (Å²) in [6.45, 7) is 0.889. The number of aromatic hydroxyl groups is 4. The minimum absolute atomic E-state index is 0.320. The number of hydrogen-bond acceptors (Lipinski definition) is 13. The molecule has 220 valence electrons. The summed E-state index contributed by atoms with van der Waals surface area (Å²) in [4.78, 5) is 37.7. The molecular weight excluding hydrogens is 544 g/mol. The number of hydrogen-bond donors (Lipinski definition) is 7. The molecule has 1 aliphatic carbocycles. The van der Waals surface area contributed by atoms with Crippen molar-refractivity contribution in [1.29, 1.82) is 0 Å². The van der Waals surface area contributed by atoms with E-state index in [1.165, 1.54) is 55.5 Å². The molecule has 0 aromatic heterocycles. The summed E-state index contributed by atoms with van der Waals surface area (Å²) in [5.41, 5.74) is -1.73. The Labute approximate surface area is 233 Å². The van der Waals surface area contributed by atoms with E-state index in [9.17, 15) is 50.1 Å². The van der Waals surface area contributed by atoms with Crippen molar-refractivity contribution in [2.75, 3.05) is 6.61 Å². The first-order valence-corrected chi connectivity index (χ1v) is 12.3. The van der Waals surface area contributed by atoms with Crippen molar-refractivity contribution in [3.05, 3.63) is 59.7 Å². The van der Waals surface area contributed by atoms with Gasteiger partial charge in [-0.1, -0.05) is 12.1 Å². The zero-order chi connectivity index (χ0) is 30.3. The van der Waals surface area contributed by atoms with E-state index in [1.807, 2.05) is 0 Å². The monoisotopic (exact) mass is 574 g/mol. The van der Waals surface area contributed by atoms with E-state index in [1.54, 1.807) is 0 Å². The van der Waals surface area contributed by atoms with E-state index >= 15 is 0 Å². The molecule has 1 fully saturated rings. The Balaban J connectivity index is 1.77. The van der Waals surface area contributed by atoms with Crippen LogP contribution in [0.25, 0.3) is 12.2 Å². The number of carbonyl (C=O) groups excluding carboxylic acids is 3. The first kappa shape index (κ1) is 30.9. The van der Waals surface area contributed by atoms with E-state index in [0.717, 1.165) is 12.2 Å². The molecule has 1 saturated carbocycles. The van der Waals surface area contributed by atoms with Gasteiger partial charge in [-0.2, -0.15) is 0 Å². The number of aliphatic hydroxyl groups excluding tert-OH is 2. The van der Waals surface area contributed by atoms with Gasteiger partial charge in [0, 0.05) is 25.0 Å². The summed E-state index contributed by atoms with van der Waals surface area (Å²) in [5, 5.41) is 69.3. The summed E-state index contributed by atoms with van der Waals surface area (Å²) in [7, 11) is 0. The van der Waals surface area contributed by atoms with Gasteiger partial charge >= 0.3 is 17.9 Å². The fraction of sp³-hybridized carbons (Fsp3) is 0.321. The third-order valence-electron chi connectivity index (χ3n) is 6.03. The van der Waals surface area contributed by atoms with Gasteiger partial charge in [-0.25, -0.2) is 14.4 Å². The summed E-state index contributed by atoms with van der Waals surface area (Å²) in [6.07, 6.45) is -2.71. The van der Waals surface area contributed by atoms with Crippen molar-refractivity contribution in [2.45, 2.75) is 49.8 Å². The van der Waals surface area contributed by atoms with Crippen LogP contribution in [0.1, 0.15) is 30.9 Å². The highest BCUT2D eigenvalue weighted by Gasteiger charge is 2.53. The number of phenolic OH excluding ortho intramolecular Hbond substituents is 4. The fourth-order valence-corrected chi connectivity index (χ4v) is 3.94. The van der Waals surface area contributed by atoms with Crippen LogP contribution in [0.15, 0.2) is 48.6 Å². The molecule has 3 rings (SSSR count). The second-order valence-electron chi connectivity index (χ2n) is 9.49. The minimum atomic E-state index is -2.37. The van der Waals surface area contributed by atoms with Gasteiger partial charge in [0.15, 0.2) is 28.6 Å². The number of rotatable bonds is 9. The average molecular weight is 575 g/mol. The number of benzene rings is 2. The standard InChI is InChI=1S/C28H30O13/c1-15(29)14-39-27(37)28(38)12-22(40-24(34)8-4-16-2-6-18(30)20(32)10-16)26(36)23(13-28)41-25(35)9-5-17-3-7-19(31)21(33)11-17/h2-11,15,22-23,26,29-33,36,38H,12-14H2,1H3/b8-4+,9-5+/t15?,22-,23-,26?,28?/m1/s1. The highest BCUT2D eigenvalue weighted by Crippen LogP contribution is 2.34. The molecule has 13 nitrogen and oxygen atoms in total. The van der Waals surface area contributed by atoms with E-state index in [4.69, 9.17) is 14.2 Å². The molecule has 0 spiro atoms. The zero-order valence-electron chi connectivity index (χ0n) is 21.8. The van der Waals surface area contributed by atoms with Crippen molar-refractivity contribution in [2.24, 2.45) is 0 Å². The number of esters is 3. The Hall–Kier alpha value is -4.59. The van der Waals surface area contributed by atoms with Crippen LogP contribution in [0.4, 0.5) is 0 Å². The Bertz CT molecular complexity index is 1240. The van der Waals surface area contributed by atoms with Gasteiger partial charge in [0.05, 0.1) is 6.10 Å². The minimum Gasteiger partial charge on any atom is -0.504 e. The third kappa shape index (κ3) is 8.45. The van der Waals surface area contributed by atoms with Gasteiger partial charge in [0.1, 0.15) is 24.9 Å². The van der Waals surface area contributed by atoms with Crippen LogP contribution < -0.4 is 0 Å². The Morgan fingerprint density at radius 1 is 0.854 bits per heavy atom. The molecule has 0 amide bonds. The van der Waals surface area contributed by atoms with Crippen molar-refractivity contribution >= 4 is 30.1 Å². The summed E-state index contributed by atoms with van der Waals surface area (Å²) >= 11 is 0. The van der Waals surface area contributed by atoms with E-state index in [2.05, 4.69) is 0 Å². The Morgan fingerprint density at radius 2 is 1.29 bits per heavy atom. The number of phenols is 4. The average Bonchev–Trinajstić information content (AvgIpc) is 2.91. The summed E-state index contributed by atoms with van der Waals surface area (Å²) in [5.74, 6) is -4.81. The SMILES string of the molecule is CC(O)COC(=O)C1(O)C[C@@H](OC(=O)/C=C/c2ccc(O)c(O)c2)C(O)[C@H](OC(=O)/C=C/c2ccc(O)c(O)c2)C1. The van der Waals surface area contributed by atoms with Crippen LogP contribution in [0.2, 0.25) is 0 Å². The van der Waals surface area contributed by atoms with Crippen LogP contribution in [0.3, 0.4) is 0 Å². The lowest BCUT2D eigenvalue weighted by Crippen LogP contribution is -2.58. The molecule has 1 unspecified atom stereocenters. The summed E-state index contributed by atoms with van der Waals surface area (Å²) < 4.78 is 15.4. The molecule has 7 N–H and O–H groups in total. The van der Waals surface area contributed by atoms with E-state index in [0.29, 0.717) is 11.1 Å². The second kappa shape index (κ2) is 13.2. The molecular formula is C28H30O13. The molecule has 2 aromatic carbocycles. The molecule has 0 heterocycles. The maximum Gasteiger partial charge on any atom is 0.338 e. The molecule has 0 saturated heterocycles. The van der Waals surface area contributed by atoms with Gasteiger partial charge < -0.3 is 50.0 Å². The quantitative estimate of drug-likeness (QED) is 0.0957. The van der Waals surface area contributed by atoms with Crippen molar-refractivity contribution in [1.82, 2.24) is 0 Å². The predicted octanol–water partition coefficient (Wildman–Crippen LogP) is 0.869. The normalized spacial score (nSPS) is 23.3. The Kier molecular flexibility index (Phi) is 9.94. The van der Waals surface area contributed by atoms with Gasteiger partial charge in [-0.15, -0.1) is 0 Å². The van der Waals surface area contributed by atoms with Gasteiger partial charge in [0.2, 0.25) is 0 Å². The highest BCUT2D eigenvalue weighted by molar-refractivity contribution is 5.88. The van der Waals surface area contributed by atoms with Crippen LogP contribution in [0.5, 0.6) is 23.0 Å². The highest BCUT2D eigenvalue weighted by atomic mass is 16.6. The van der Waals surface area contributed by atoms with Gasteiger partial charge in [0.25, 0.3) is 0 Å². The van der Waals surface area contributed by atoms with Crippen LogP contribution in [-0.2, 0) is 28.6 Å². The molecule has 13 heteroatoms. The maximum absolute atomic E-state index is 12.7. The fourth-order valence-electron chi connectivity index (χ4n) is 3.94. The molecule has 0 aliphatic heterocycles. The number of aliphatic hydroxyl groups is 3. The van der Waals surface area contributed by atoms with Crippen molar-refractivity contribution in [3.8, 4) is 23.0 Å². The molecule has 3 atom stereocenters. The lowest BCUT2D eigenvalue weighted by Gasteiger charge is -2.41. The maximum atomic E-state index is 12.7. The largest absolute Gasteiger partial charge is 0.504 e. The molecule has 1 aliphatic rings. The van der Waals surface area contributed by atoms with Crippen molar-refractivity contribution in [3.63, 3.8) is 0 Å². The zero-order valence-corrected chi connectivity index (χ0v) is 21.8.